The first-order valence-corrected chi connectivity index (χ1v) is 9.72. The summed E-state index contributed by atoms with van der Waals surface area (Å²) in [5.74, 6) is -0.481. The molecule has 4 nitrogen and oxygen atoms in total. The van der Waals surface area contributed by atoms with E-state index in [1.54, 1.807) is 43.3 Å². The first-order chi connectivity index (χ1) is 12.8. The predicted octanol–water partition coefficient (Wildman–Crippen LogP) is 4.74. The van der Waals surface area contributed by atoms with Gasteiger partial charge >= 0.3 is 0 Å². The number of rotatable bonds is 7. The van der Waals surface area contributed by atoms with Crippen molar-refractivity contribution < 1.29 is 9.59 Å². The molecule has 0 saturated heterocycles. The third kappa shape index (κ3) is 5.61. The van der Waals surface area contributed by atoms with Crippen LogP contribution in [0.15, 0.2) is 42.5 Å². The second kappa shape index (κ2) is 9.98. The number of halogens is 3. The zero-order valence-electron chi connectivity index (χ0n) is 15.1. The van der Waals surface area contributed by atoms with Gasteiger partial charge in [0.05, 0.1) is 6.42 Å². The van der Waals surface area contributed by atoms with E-state index in [1.165, 1.54) is 4.90 Å². The van der Waals surface area contributed by atoms with E-state index < -0.39 is 6.04 Å². The van der Waals surface area contributed by atoms with E-state index in [1.807, 2.05) is 13.0 Å². The Bertz CT molecular complexity index is 806. The van der Waals surface area contributed by atoms with Crippen LogP contribution in [0.1, 0.15) is 25.0 Å². The van der Waals surface area contributed by atoms with Crippen LogP contribution < -0.4 is 5.32 Å². The molecular weight excluding hydrogens is 407 g/mol. The van der Waals surface area contributed by atoms with Gasteiger partial charge in [0.1, 0.15) is 6.04 Å². The molecule has 0 radical (unpaired) electrons. The molecule has 2 amide bonds. The molecule has 0 saturated carbocycles. The van der Waals surface area contributed by atoms with Crippen molar-refractivity contribution in [1.29, 1.82) is 0 Å². The summed E-state index contributed by atoms with van der Waals surface area (Å²) in [5.41, 5.74) is 1.30. The van der Waals surface area contributed by atoms with Crippen molar-refractivity contribution in [2.24, 2.45) is 0 Å². The van der Waals surface area contributed by atoms with Gasteiger partial charge in [-0.1, -0.05) is 59.1 Å². The van der Waals surface area contributed by atoms with Crippen molar-refractivity contribution >= 4 is 46.6 Å². The summed E-state index contributed by atoms with van der Waals surface area (Å²) in [4.78, 5) is 26.9. The van der Waals surface area contributed by atoms with Crippen molar-refractivity contribution in [3.8, 4) is 0 Å². The molecule has 0 aliphatic carbocycles. The van der Waals surface area contributed by atoms with Gasteiger partial charge in [0.2, 0.25) is 11.8 Å². The molecule has 2 rings (SSSR count). The molecule has 144 valence electrons. The SMILES string of the molecule is CCNC(=O)C(C)N(Cc1c(Cl)cccc1Cl)C(=O)Cc1ccccc1Cl. The molecular formula is C20H21Cl3N2O2. The smallest absolute Gasteiger partial charge is 0.242 e. The second-order valence-electron chi connectivity index (χ2n) is 6.06. The van der Waals surface area contributed by atoms with Crippen LogP contribution in [0.3, 0.4) is 0 Å². The molecule has 0 aliphatic heterocycles. The summed E-state index contributed by atoms with van der Waals surface area (Å²) in [7, 11) is 0. The summed E-state index contributed by atoms with van der Waals surface area (Å²) in [5, 5.41) is 4.14. The number of hydrogen-bond donors (Lipinski definition) is 1. The Kier molecular flexibility index (Phi) is 7.96. The van der Waals surface area contributed by atoms with Crippen molar-refractivity contribution in [3.05, 3.63) is 68.7 Å². The summed E-state index contributed by atoms with van der Waals surface area (Å²) >= 11 is 18.7. The molecule has 1 N–H and O–H groups in total. The average molecular weight is 428 g/mol. The molecule has 0 bridgehead atoms. The van der Waals surface area contributed by atoms with E-state index in [9.17, 15) is 9.59 Å². The van der Waals surface area contributed by atoms with E-state index in [4.69, 9.17) is 34.8 Å². The topological polar surface area (TPSA) is 49.4 Å². The van der Waals surface area contributed by atoms with E-state index in [0.29, 0.717) is 32.7 Å². The van der Waals surface area contributed by atoms with Gasteiger partial charge in [0.25, 0.3) is 0 Å². The number of carbonyl (C=O) groups excluding carboxylic acids is 2. The molecule has 27 heavy (non-hydrogen) atoms. The molecule has 1 unspecified atom stereocenters. The van der Waals surface area contributed by atoms with Gasteiger partial charge in [-0.2, -0.15) is 0 Å². The quantitative estimate of drug-likeness (QED) is 0.693. The summed E-state index contributed by atoms with van der Waals surface area (Å²) in [6, 6.07) is 11.6. The first-order valence-electron chi connectivity index (χ1n) is 8.58. The summed E-state index contributed by atoms with van der Waals surface area (Å²) in [6.45, 7) is 4.11. The van der Waals surface area contributed by atoms with Crippen molar-refractivity contribution in [2.45, 2.75) is 32.9 Å². The Morgan fingerprint density at radius 2 is 1.59 bits per heavy atom. The number of likely N-dealkylation sites (N-methyl/N-ethyl adjacent to an activating group) is 1. The number of benzene rings is 2. The minimum atomic E-state index is -0.688. The summed E-state index contributed by atoms with van der Waals surface area (Å²) in [6.07, 6.45) is 0.0749. The minimum Gasteiger partial charge on any atom is -0.355 e. The highest BCUT2D eigenvalue weighted by Gasteiger charge is 2.27. The Hall–Kier alpha value is -1.75. The molecule has 7 heteroatoms. The van der Waals surface area contributed by atoms with Gasteiger partial charge < -0.3 is 10.2 Å². The lowest BCUT2D eigenvalue weighted by Gasteiger charge is -2.29. The third-order valence-electron chi connectivity index (χ3n) is 4.21. The normalized spacial score (nSPS) is 11.7. The van der Waals surface area contributed by atoms with Crippen molar-refractivity contribution in [3.63, 3.8) is 0 Å². The Balaban J connectivity index is 2.32. The molecule has 2 aromatic carbocycles. The van der Waals surface area contributed by atoms with Gasteiger partial charge in [-0.25, -0.2) is 0 Å². The van der Waals surface area contributed by atoms with Gasteiger partial charge in [-0.3, -0.25) is 9.59 Å². The molecule has 1 atom stereocenters. The standard InChI is InChI=1S/C20H21Cl3N2O2/c1-3-24-20(27)13(2)25(12-15-17(22)9-6-10-18(15)23)19(26)11-14-7-4-5-8-16(14)21/h4-10,13H,3,11-12H2,1-2H3,(H,24,27). The Morgan fingerprint density at radius 3 is 2.19 bits per heavy atom. The van der Waals surface area contributed by atoms with E-state index in [0.717, 1.165) is 0 Å². The van der Waals surface area contributed by atoms with Crippen molar-refractivity contribution in [2.75, 3.05) is 6.54 Å². The Labute approximate surface area is 174 Å². The molecule has 0 heterocycles. The first kappa shape index (κ1) is 21.5. The maximum Gasteiger partial charge on any atom is 0.242 e. The number of carbonyl (C=O) groups is 2. The fourth-order valence-corrected chi connectivity index (χ4v) is 3.38. The third-order valence-corrected chi connectivity index (χ3v) is 5.28. The second-order valence-corrected chi connectivity index (χ2v) is 7.28. The van der Waals surface area contributed by atoms with E-state index in [2.05, 4.69) is 5.32 Å². The van der Waals surface area contributed by atoms with Crippen molar-refractivity contribution in [1.82, 2.24) is 10.2 Å². The van der Waals surface area contributed by atoms with Gasteiger partial charge in [0.15, 0.2) is 0 Å². The molecule has 0 aliphatic rings. The lowest BCUT2D eigenvalue weighted by molar-refractivity contribution is -0.140. The largest absolute Gasteiger partial charge is 0.355 e. The Morgan fingerprint density at radius 1 is 1.00 bits per heavy atom. The fraction of sp³-hybridized carbons (Fsp3) is 0.300. The molecule has 2 aromatic rings. The van der Waals surface area contributed by atoms with Crippen LogP contribution in [0.5, 0.6) is 0 Å². The number of nitrogens with zero attached hydrogens (tertiary/aromatic N) is 1. The molecule has 0 spiro atoms. The average Bonchev–Trinajstić information content (AvgIpc) is 2.63. The zero-order valence-corrected chi connectivity index (χ0v) is 17.4. The van der Waals surface area contributed by atoms with Crippen LogP contribution in [0, 0.1) is 0 Å². The number of hydrogen-bond acceptors (Lipinski definition) is 2. The lowest BCUT2D eigenvalue weighted by atomic mass is 10.1. The van der Waals surface area contributed by atoms with Crippen LogP contribution in [-0.2, 0) is 22.6 Å². The van der Waals surface area contributed by atoms with Gasteiger partial charge in [-0.15, -0.1) is 0 Å². The minimum absolute atomic E-state index is 0.0749. The van der Waals surface area contributed by atoms with Crippen LogP contribution in [0.2, 0.25) is 15.1 Å². The fourth-order valence-electron chi connectivity index (χ4n) is 2.66. The predicted molar refractivity (Wildman–Crippen MR) is 110 cm³/mol. The number of nitrogens with one attached hydrogen (secondary N) is 1. The molecule has 0 fully saturated rings. The van der Waals surface area contributed by atoms with Gasteiger partial charge in [-0.05, 0) is 37.6 Å². The molecule has 0 aromatic heterocycles. The van der Waals surface area contributed by atoms with Gasteiger partial charge in [0, 0.05) is 33.7 Å². The van der Waals surface area contributed by atoms with E-state index in [-0.39, 0.29) is 24.8 Å². The number of amides is 2. The van der Waals surface area contributed by atoms with Crippen LogP contribution in [0.4, 0.5) is 0 Å². The van der Waals surface area contributed by atoms with Crippen LogP contribution in [0.25, 0.3) is 0 Å². The van der Waals surface area contributed by atoms with Crippen LogP contribution in [-0.4, -0.2) is 29.3 Å². The zero-order chi connectivity index (χ0) is 20.0. The van der Waals surface area contributed by atoms with Crippen LogP contribution >= 0.6 is 34.8 Å². The monoisotopic (exact) mass is 426 g/mol. The highest BCUT2D eigenvalue weighted by Crippen LogP contribution is 2.27. The highest BCUT2D eigenvalue weighted by molar-refractivity contribution is 6.36. The van der Waals surface area contributed by atoms with E-state index >= 15 is 0 Å². The lowest BCUT2D eigenvalue weighted by Crippen LogP contribution is -2.48. The highest BCUT2D eigenvalue weighted by atomic mass is 35.5. The summed E-state index contributed by atoms with van der Waals surface area (Å²) < 4.78 is 0. The maximum absolute atomic E-state index is 13.0. The maximum atomic E-state index is 13.0.